The fourth-order valence-electron chi connectivity index (χ4n) is 1.00. The number of nitrogens with zero attached hydrogens (tertiary/aromatic N) is 1. The highest BCUT2D eigenvalue weighted by molar-refractivity contribution is 7.13. The zero-order chi connectivity index (χ0) is 8.55. The first kappa shape index (κ1) is 7.54. The molecule has 0 saturated heterocycles. The molecule has 1 aliphatic carbocycles. The van der Waals surface area contributed by atoms with E-state index in [0.29, 0.717) is 11.0 Å². The van der Waals surface area contributed by atoms with Crippen LogP contribution in [-0.4, -0.2) is 16.2 Å². The van der Waals surface area contributed by atoms with E-state index in [1.807, 2.05) is 5.38 Å². The van der Waals surface area contributed by atoms with Gasteiger partial charge >= 0.3 is 6.09 Å². The van der Waals surface area contributed by atoms with Crippen LogP contribution in [0.25, 0.3) is 0 Å². The van der Waals surface area contributed by atoms with Crippen LogP contribution in [0.5, 0.6) is 0 Å². The molecular formula is C7H8N2O2S. The van der Waals surface area contributed by atoms with E-state index < -0.39 is 6.09 Å². The number of rotatable bonds is 2. The summed E-state index contributed by atoms with van der Waals surface area (Å²) in [5, 5.41) is 13.0. The molecule has 2 rings (SSSR count). The van der Waals surface area contributed by atoms with Gasteiger partial charge in [-0.2, -0.15) is 0 Å². The summed E-state index contributed by atoms with van der Waals surface area (Å²) < 4.78 is 0. The van der Waals surface area contributed by atoms with Gasteiger partial charge in [-0.15, -0.1) is 11.3 Å². The van der Waals surface area contributed by atoms with E-state index >= 15 is 0 Å². The van der Waals surface area contributed by atoms with Crippen LogP contribution in [0.1, 0.15) is 24.5 Å². The van der Waals surface area contributed by atoms with Crippen LogP contribution in [0.4, 0.5) is 9.93 Å². The third-order valence-electron chi connectivity index (χ3n) is 1.73. The third-order valence-corrected chi connectivity index (χ3v) is 2.51. The largest absolute Gasteiger partial charge is 0.465 e. The molecule has 1 aromatic rings. The molecule has 1 fully saturated rings. The minimum Gasteiger partial charge on any atom is -0.465 e. The summed E-state index contributed by atoms with van der Waals surface area (Å²) in [5.74, 6) is 0.589. The Morgan fingerprint density at radius 2 is 2.50 bits per heavy atom. The van der Waals surface area contributed by atoms with E-state index in [1.165, 1.54) is 24.2 Å². The van der Waals surface area contributed by atoms with E-state index in [0.717, 1.165) is 5.69 Å². The molecule has 0 bridgehead atoms. The molecule has 0 spiro atoms. The number of thiazole rings is 1. The summed E-state index contributed by atoms with van der Waals surface area (Å²) in [4.78, 5) is 14.4. The first-order chi connectivity index (χ1) is 5.75. The Kier molecular flexibility index (Phi) is 1.73. The van der Waals surface area contributed by atoms with Crippen LogP contribution in [0.2, 0.25) is 0 Å². The fourth-order valence-corrected chi connectivity index (χ4v) is 1.78. The van der Waals surface area contributed by atoms with Crippen molar-refractivity contribution >= 4 is 22.6 Å². The number of anilines is 1. The van der Waals surface area contributed by atoms with Crippen molar-refractivity contribution in [2.75, 3.05) is 5.32 Å². The van der Waals surface area contributed by atoms with Gasteiger partial charge in [0, 0.05) is 11.3 Å². The van der Waals surface area contributed by atoms with Gasteiger partial charge in [-0.1, -0.05) is 0 Å². The molecule has 1 aromatic heterocycles. The molecule has 0 aromatic carbocycles. The topological polar surface area (TPSA) is 62.2 Å². The maximum atomic E-state index is 10.2. The highest BCUT2D eigenvalue weighted by Crippen LogP contribution is 2.40. The standard InChI is InChI=1S/C7H8N2O2S/c10-7(11)9-6-8-5(3-12-6)4-1-2-4/h3-4H,1-2H2,(H,8,9)(H,10,11). The zero-order valence-electron chi connectivity index (χ0n) is 6.28. The summed E-state index contributed by atoms with van der Waals surface area (Å²) in [5.41, 5.74) is 1.03. The van der Waals surface area contributed by atoms with Crippen LogP contribution in [0.3, 0.4) is 0 Å². The predicted molar refractivity (Wildman–Crippen MR) is 45.7 cm³/mol. The third kappa shape index (κ3) is 1.55. The highest BCUT2D eigenvalue weighted by Gasteiger charge is 2.26. The molecule has 0 radical (unpaired) electrons. The Hall–Kier alpha value is -1.10. The second-order valence-electron chi connectivity index (χ2n) is 2.78. The summed E-state index contributed by atoms with van der Waals surface area (Å²) in [7, 11) is 0. The van der Waals surface area contributed by atoms with Gasteiger partial charge in [0.05, 0.1) is 5.69 Å². The molecule has 0 unspecified atom stereocenters. The van der Waals surface area contributed by atoms with Crippen LogP contribution < -0.4 is 5.32 Å². The van der Waals surface area contributed by atoms with Crippen molar-refractivity contribution < 1.29 is 9.90 Å². The van der Waals surface area contributed by atoms with Crippen LogP contribution in [-0.2, 0) is 0 Å². The van der Waals surface area contributed by atoms with E-state index in [9.17, 15) is 4.79 Å². The number of aromatic nitrogens is 1. The molecule has 1 aliphatic rings. The summed E-state index contributed by atoms with van der Waals surface area (Å²) >= 11 is 1.34. The van der Waals surface area contributed by atoms with Crippen molar-refractivity contribution in [1.82, 2.24) is 4.98 Å². The van der Waals surface area contributed by atoms with Crippen molar-refractivity contribution in [2.45, 2.75) is 18.8 Å². The SMILES string of the molecule is O=C(O)Nc1nc(C2CC2)cs1. The molecule has 0 atom stereocenters. The Labute approximate surface area is 73.3 Å². The van der Waals surface area contributed by atoms with Crippen molar-refractivity contribution in [3.8, 4) is 0 Å². The first-order valence-electron chi connectivity index (χ1n) is 3.71. The Balaban J connectivity index is 2.07. The lowest BCUT2D eigenvalue weighted by atomic mass is 10.3. The molecular weight excluding hydrogens is 176 g/mol. The number of nitrogens with one attached hydrogen (secondary N) is 1. The minimum absolute atomic E-state index is 0.476. The van der Waals surface area contributed by atoms with Crippen LogP contribution in [0, 0.1) is 0 Å². The average Bonchev–Trinajstić information content (AvgIpc) is 2.73. The monoisotopic (exact) mass is 184 g/mol. The molecule has 2 N–H and O–H groups in total. The average molecular weight is 184 g/mol. The number of hydrogen-bond donors (Lipinski definition) is 2. The fraction of sp³-hybridized carbons (Fsp3) is 0.429. The minimum atomic E-state index is -1.05. The van der Waals surface area contributed by atoms with Crippen LogP contribution in [0.15, 0.2) is 5.38 Å². The van der Waals surface area contributed by atoms with Crippen molar-refractivity contribution in [3.63, 3.8) is 0 Å². The Morgan fingerprint density at radius 3 is 3.08 bits per heavy atom. The van der Waals surface area contributed by atoms with Gasteiger partial charge in [0.1, 0.15) is 0 Å². The van der Waals surface area contributed by atoms with Crippen molar-refractivity contribution in [2.24, 2.45) is 0 Å². The lowest BCUT2D eigenvalue weighted by molar-refractivity contribution is 0.209. The molecule has 1 heterocycles. The quantitative estimate of drug-likeness (QED) is 0.739. The normalized spacial score (nSPS) is 16.0. The summed E-state index contributed by atoms with van der Waals surface area (Å²) in [6.07, 6.45) is 1.33. The maximum Gasteiger partial charge on any atom is 0.410 e. The lowest BCUT2D eigenvalue weighted by Crippen LogP contribution is -2.06. The molecule has 1 saturated carbocycles. The zero-order valence-corrected chi connectivity index (χ0v) is 7.10. The molecule has 5 heteroatoms. The predicted octanol–water partition coefficient (Wildman–Crippen LogP) is 2.11. The number of carboxylic acid groups (broad SMARTS) is 1. The van der Waals surface area contributed by atoms with Gasteiger partial charge in [-0.25, -0.2) is 9.78 Å². The Bertz CT molecular complexity index is 306. The molecule has 64 valence electrons. The number of amides is 1. The van der Waals surface area contributed by atoms with E-state index in [2.05, 4.69) is 10.3 Å². The summed E-state index contributed by atoms with van der Waals surface area (Å²) in [6.45, 7) is 0. The molecule has 4 nitrogen and oxygen atoms in total. The highest BCUT2D eigenvalue weighted by atomic mass is 32.1. The molecule has 12 heavy (non-hydrogen) atoms. The maximum absolute atomic E-state index is 10.2. The van der Waals surface area contributed by atoms with Gasteiger partial charge in [0.2, 0.25) is 0 Å². The van der Waals surface area contributed by atoms with Crippen molar-refractivity contribution in [1.29, 1.82) is 0 Å². The van der Waals surface area contributed by atoms with E-state index in [4.69, 9.17) is 5.11 Å². The number of carbonyl (C=O) groups is 1. The van der Waals surface area contributed by atoms with Crippen molar-refractivity contribution in [3.05, 3.63) is 11.1 Å². The van der Waals surface area contributed by atoms with Gasteiger partial charge in [0.15, 0.2) is 5.13 Å². The smallest absolute Gasteiger partial charge is 0.410 e. The first-order valence-corrected chi connectivity index (χ1v) is 4.59. The van der Waals surface area contributed by atoms with Gasteiger partial charge in [0.25, 0.3) is 0 Å². The number of hydrogen-bond acceptors (Lipinski definition) is 3. The van der Waals surface area contributed by atoms with Gasteiger partial charge < -0.3 is 5.11 Å². The van der Waals surface area contributed by atoms with Gasteiger partial charge in [-0.3, -0.25) is 5.32 Å². The van der Waals surface area contributed by atoms with E-state index in [1.54, 1.807) is 0 Å². The van der Waals surface area contributed by atoms with Gasteiger partial charge in [-0.05, 0) is 12.8 Å². The molecule has 1 amide bonds. The van der Waals surface area contributed by atoms with Crippen LogP contribution >= 0.6 is 11.3 Å². The Morgan fingerprint density at radius 1 is 1.75 bits per heavy atom. The second kappa shape index (κ2) is 2.75. The summed E-state index contributed by atoms with van der Waals surface area (Å²) in [6, 6.07) is 0. The lowest BCUT2D eigenvalue weighted by Gasteiger charge is -1.91. The van der Waals surface area contributed by atoms with E-state index in [-0.39, 0.29) is 0 Å². The molecule has 0 aliphatic heterocycles. The second-order valence-corrected chi connectivity index (χ2v) is 3.64.